The van der Waals surface area contributed by atoms with Crippen molar-refractivity contribution in [1.82, 2.24) is 20.9 Å². The molecule has 2 aliphatic rings. The average Bonchev–Trinajstić information content (AvgIpc) is 3.74. The van der Waals surface area contributed by atoms with Gasteiger partial charge in [-0.15, -0.1) is 0 Å². The summed E-state index contributed by atoms with van der Waals surface area (Å²) in [4.78, 5) is 71.8. The minimum atomic E-state index is -1.03. The van der Waals surface area contributed by atoms with Crippen molar-refractivity contribution in [3.63, 3.8) is 0 Å². The third-order valence-corrected chi connectivity index (χ3v) is 9.97. The van der Waals surface area contributed by atoms with E-state index in [-0.39, 0.29) is 23.7 Å². The van der Waals surface area contributed by atoms with Crippen molar-refractivity contribution in [2.75, 3.05) is 13.7 Å². The highest BCUT2D eigenvalue weighted by atomic mass is 16.5. The van der Waals surface area contributed by atoms with Crippen molar-refractivity contribution in [3.8, 4) is 0 Å². The van der Waals surface area contributed by atoms with Crippen molar-refractivity contribution in [1.29, 1.82) is 0 Å². The quantitative estimate of drug-likeness (QED) is 0.186. The number of Topliss-reactive ketones (excluding diaryl/α,β-unsaturated/α-hetero) is 1. The number of carbonyl (C=O) groups excluding carboxylic acids is 5. The lowest BCUT2D eigenvalue weighted by atomic mass is 9.82. The van der Waals surface area contributed by atoms with E-state index in [0.717, 1.165) is 18.4 Å². The van der Waals surface area contributed by atoms with Gasteiger partial charge in [-0.1, -0.05) is 91.6 Å². The van der Waals surface area contributed by atoms with E-state index in [1.54, 1.807) is 7.11 Å². The maximum atomic E-state index is 14.4. The number of methoxy groups -OCH3 is 1. The SMILES string of the molecule is C=NC(=O)C(=O)C(CC1CC1)NC(=O)[C@@H]1C[C@@H](C(C)C)CN1C(=O)C(NC(=O)NC(CC)(CC)C(OC)c1ccccc1)C(C)(C)C. The van der Waals surface area contributed by atoms with E-state index in [4.69, 9.17) is 4.74 Å². The monoisotopic (exact) mass is 653 g/mol. The smallest absolute Gasteiger partial charge is 0.315 e. The van der Waals surface area contributed by atoms with Gasteiger partial charge in [0, 0.05) is 13.7 Å². The highest BCUT2D eigenvalue weighted by Gasteiger charge is 2.47. The van der Waals surface area contributed by atoms with Gasteiger partial charge < -0.3 is 25.6 Å². The first-order chi connectivity index (χ1) is 22.1. The Balaban J connectivity index is 1.87. The molecule has 260 valence electrons. The van der Waals surface area contributed by atoms with Gasteiger partial charge >= 0.3 is 11.9 Å². The van der Waals surface area contributed by atoms with Crippen molar-refractivity contribution in [2.45, 2.75) is 117 Å². The lowest BCUT2D eigenvalue weighted by Crippen LogP contribution is -2.62. The molecule has 1 aliphatic heterocycles. The zero-order valence-electron chi connectivity index (χ0n) is 29.4. The maximum Gasteiger partial charge on any atom is 0.315 e. The Morgan fingerprint density at radius 1 is 1.02 bits per heavy atom. The Labute approximate surface area is 280 Å². The molecule has 47 heavy (non-hydrogen) atoms. The molecule has 5 atom stereocenters. The van der Waals surface area contributed by atoms with Crippen LogP contribution >= 0.6 is 0 Å². The second kappa shape index (κ2) is 16.0. The Hall–Kier alpha value is -3.60. The molecule has 5 amide bonds. The zero-order chi connectivity index (χ0) is 35.1. The zero-order valence-corrected chi connectivity index (χ0v) is 29.4. The van der Waals surface area contributed by atoms with Gasteiger partial charge in [0.2, 0.25) is 17.6 Å². The minimum absolute atomic E-state index is 0.0272. The number of carbonyl (C=O) groups is 5. The standard InChI is InChI=1S/C36H55N5O6/c1-10-36(11-2,30(47-9)24-15-13-12-14-16-24)40-34(46)39-29(35(5,6)7)33(45)41-21-25(22(3)4)20-27(41)31(43)38-26(19-23-17-18-23)28(42)32(44)37-8/h12-16,22-23,25-27,29-30H,8,10-11,17-21H2,1-7,9H3,(H,38,43)(H2,39,40,46)/t25-,26?,27+,29?,30?/m1/s1. The number of hydrogen-bond donors (Lipinski definition) is 3. The van der Waals surface area contributed by atoms with Gasteiger partial charge in [-0.05, 0) is 61.1 Å². The van der Waals surface area contributed by atoms with Crippen molar-refractivity contribution in [3.05, 3.63) is 35.9 Å². The average molecular weight is 654 g/mol. The lowest BCUT2D eigenvalue weighted by molar-refractivity contribution is -0.143. The second-order valence-corrected chi connectivity index (χ2v) is 14.6. The molecule has 0 aromatic heterocycles. The van der Waals surface area contributed by atoms with Gasteiger partial charge in [-0.3, -0.25) is 19.2 Å². The van der Waals surface area contributed by atoms with Crippen LogP contribution in [0.5, 0.6) is 0 Å². The molecular formula is C36H55N5O6. The molecular weight excluding hydrogens is 598 g/mol. The van der Waals surface area contributed by atoms with Crippen molar-refractivity contribution < 1.29 is 28.7 Å². The summed E-state index contributed by atoms with van der Waals surface area (Å²) in [7, 11) is 1.62. The van der Waals surface area contributed by atoms with Gasteiger partial charge in [-0.2, -0.15) is 0 Å². The van der Waals surface area contributed by atoms with Crippen molar-refractivity contribution >= 4 is 36.3 Å². The Morgan fingerprint density at radius 3 is 2.13 bits per heavy atom. The largest absolute Gasteiger partial charge is 0.374 e. The van der Waals surface area contributed by atoms with E-state index in [1.165, 1.54) is 4.90 Å². The summed E-state index contributed by atoms with van der Waals surface area (Å²) < 4.78 is 5.94. The number of ketones is 1. The molecule has 3 N–H and O–H groups in total. The van der Waals surface area contributed by atoms with Crippen LogP contribution in [-0.4, -0.2) is 78.5 Å². The topological polar surface area (TPSA) is 146 Å². The predicted octanol–water partition coefficient (Wildman–Crippen LogP) is 4.60. The van der Waals surface area contributed by atoms with Gasteiger partial charge in [-0.25, -0.2) is 9.79 Å². The third kappa shape index (κ3) is 9.27. The molecule has 11 nitrogen and oxygen atoms in total. The first-order valence-corrected chi connectivity index (χ1v) is 16.9. The molecule has 2 fully saturated rings. The molecule has 1 aliphatic carbocycles. The highest BCUT2D eigenvalue weighted by molar-refractivity contribution is 6.39. The van der Waals surface area contributed by atoms with E-state index in [9.17, 15) is 24.0 Å². The number of nitrogens with one attached hydrogen (secondary N) is 3. The number of hydrogen-bond acceptors (Lipinski definition) is 6. The molecule has 1 saturated heterocycles. The molecule has 1 aromatic rings. The molecule has 0 spiro atoms. The van der Waals surface area contributed by atoms with Gasteiger partial charge in [0.05, 0.1) is 11.6 Å². The highest BCUT2D eigenvalue weighted by Crippen LogP contribution is 2.36. The number of amides is 5. The fourth-order valence-corrected chi connectivity index (χ4v) is 6.64. The Bertz CT molecular complexity index is 1280. The number of ether oxygens (including phenoxy) is 1. The number of rotatable bonds is 15. The Kier molecular flexibility index (Phi) is 12.9. The van der Waals surface area contributed by atoms with Crippen molar-refractivity contribution in [2.24, 2.45) is 28.2 Å². The summed E-state index contributed by atoms with van der Waals surface area (Å²) >= 11 is 0. The molecule has 1 aromatic carbocycles. The fraction of sp³-hybridized carbons (Fsp3) is 0.667. The van der Waals surface area contributed by atoms with Gasteiger partial charge in [0.1, 0.15) is 18.2 Å². The number of nitrogens with zero attached hydrogens (tertiary/aromatic N) is 2. The molecule has 3 rings (SSSR count). The van der Waals surface area contributed by atoms with Crippen LogP contribution < -0.4 is 16.0 Å². The number of benzene rings is 1. The number of aliphatic imine (C=N–C) groups is 1. The van der Waals surface area contributed by atoms with Crippen LogP contribution in [0.1, 0.15) is 98.7 Å². The first-order valence-electron chi connectivity index (χ1n) is 16.9. The number of likely N-dealkylation sites (tertiary alicyclic amines) is 1. The van der Waals surface area contributed by atoms with Crippen LogP contribution in [0.3, 0.4) is 0 Å². The van der Waals surface area contributed by atoms with E-state index < -0.39 is 58.8 Å². The van der Waals surface area contributed by atoms with Crippen LogP contribution in [0.4, 0.5) is 4.79 Å². The van der Waals surface area contributed by atoms with Gasteiger partial charge in [0.25, 0.3) is 0 Å². The van der Waals surface area contributed by atoms with E-state index in [0.29, 0.717) is 32.2 Å². The van der Waals surface area contributed by atoms with Crippen LogP contribution in [0.15, 0.2) is 35.3 Å². The molecule has 0 radical (unpaired) electrons. The summed E-state index contributed by atoms with van der Waals surface area (Å²) in [5.74, 6) is -2.20. The Morgan fingerprint density at radius 2 is 1.64 bits per heavy atom. The normalized spacial score (nSPS) is 20.2. The molecule has 1 heterocycles. The van der Waals surface area contributed by atoms with E-state index in [2.05, 4.69) is 27.7 Å². The summed E-state index contributed by atoms with van der Waals surface area (Å²) in [5, 5.41) is 8.90. The summed E-state index contributed by atoms with van der Waals surface area (Å²) in [6, 6.07) is 6.33. The van der Waals surface area contributed by atoms with Crippen LogP contribution in [0, 0.1) is 23.2 Å². The fourth-order valence-electron chi connectivity index (χ4n) is 6.64. The van der Waals surface area contributed by atoms with E-state index in [1.807, 2.05) is 78.8 Å². The predicted molar refractivity (Wildman–Crippen MR) is 182 cm³/mol. The molecule has 1 saturated carbocycles. The van der Waals surface area contributed by atoms with E-state index >= 15 is 0 Å². The van der Waals surface area contributed by atoms with Crippen LogP contribution in [-0.2, 0) is 23.9 Å². The second-order valence-electron chi connectivity index (χ2n) is 14.6. The summed E-state index contributed by atoms with van der Waals surface area (Å²) in [6.07, 6.45) is 3.32. The lowest BCUT2D eigenvalue weighted by Gasteiger charge is -2.41. The summed E-state index contributed by atoms with van der Waals surface area (Å²) in [5.41, 5.74) is -0.540. The van der Waals surface area contributed by atoms with Gasteiger partial charge in [0.15, 0.2) is 0 Å². The number of urea groups is 1. The molecule has 3 unspecified atom stereocenters. The van der Waals surface area contributed by atoms with Crippen LogP contribution in [0.2, 0.25) is 0 Å². The minimum Gasteiger partial charge on any atom is -0.374 e. The summed E-state index contributed by atoms with van der Waals surface area (Å²) in [6.45, 7) is 17.2. The van der Waals surface area contributed by atoms with Crippen LogP contribution in [0.25, 0.3) is 0 Å². The third-order valence-electron chi connectivity index (χ3n) is 9.97. The molecule has 11 heteroatoms. The first kappa shape index (κ1) is 37.9. The maximum absolute atomic E-state index is 14.4. The molecule has 0 bridgehead atoms.